The number of nitrogens with one attached hydrogen (secondary N) is 1. The van der Waals surface area contributed by atoms with Gasteiger partial charge in [0.1, 0.15) is 6.33 Å². The smallest absolute Gasteiger partial charge is 0.224 e. The van der Waals surface area contributed by atoms with Crippen molar-refractivity contribution in [2.45, 2.75) is 31.8 Å². The van der Waals surface area contributed by atoms with E-state index in [9.17, 15) is 0 Å². The van der Waals surface area contributed by atoms with Crippen molar-refractivity contribution in [3.63, 3.8) is 0 Å². The van der Waals surface area contributed by atoms with Crippen LogP contribution in [0.4, 0.5) is 0 Å². The van der Waals surface area contributed by atoms with Crippen LogP contribution in [0.3, 0.4) is 0 Å². The maximum absolute atomic E-state index is 5.20. The highest BCUT2D eigenvalue weighted by molar-refractivity contribution is 5.34. The van der Waals surface area contributed by atoms with Gasteiger partial charge in [0, 0.05) is 12.6 Å². The van der Waals surface area contributed by atoms with E-state index in [-0.39, 0.29) is 0 Å². The van der Waals surface area contributed by atoms with Gasteiger partial charge in [0.15, 0.2) is 0 Å². The van der Waals surface area contributed by atoms with Gasteiger partial charge in [0.25, 0.3) is 0 Å². The van der Waals surface area contributed by atoms with Gasteiger partial charge in [-0.2, -0.15) is 0 Å². The van der Waals surface area contributed by atoms with E-state index in [2.05, 4.69) is 15.3 Å². The molecule has 88 valence electrons. The molecule has 2 rings (SSSR count). The minimum absolute atomic E-state index is 0.582. The van der Waals surface area contributed by atoms with Crippen LogP contribution in [0.25, 0.3) is 0 Å². The summed E-state index contributed by atoms with van der Waals surface area (Å²) >= 11 is 0. The lowest BCUT2D eigenvalue weighted by atomic mass is 9.93. The van der Waals surface area contributed by atoms with Crippen molar-refractivity contribution in [3.8, 4) is 11.8 Å². The fraction of sp³-hybridized carbons (Fsp3) is 0.636. The Hall–Kier alpha value is -1.36. The van der Waals surface area contributed by atoms with E-state index in [0.717, 1.165) is 5.56 Å². The second-order valence-electron chi connectivity index (χ2n) is 3.88. The third-order valence-corrected chi connectivity index (χ3v) is 2.93. The predicted molar refractivity (Wildman–Crippen MR) is 59.6 cm³/mol. The molecule has 0 saturated heterocycles. The first-order valence-corrected chi connectivity index (χ1v) is 5.50. The lowest BCUT2D eigenvalue weighted by Gasteiger charge is -2.26. The van der Waals surface area contributed by atoms with Crippen LogP contribution < -0.4 is 14.8 Å². The molecule has 5 nitrogen and oxygen atoms in total. The van der Waals surface area contributed by atoms with Crippen LogP contribution >= 0.6 is 0 Å². The molecule has 0 atom stereocenters. The lowest BCUT2D eigenvalue weighted by Crippen LogP contribution is -2.34. The van der Waals surface area contributed by atoms with Gasteiger partial charge < -0.3 is 14.8 Å². The van der Waals surface area contributed by atoms with Gasteiger partial charge in [0.05, 0.1) is 19.8 Å². The molecule has 1 aliphatic rings. The van der Waals surface area contributed by atoms with Gasteiger partial charge in [-0.05, 0) is 12.8 Å². The van der Waals surface area contributed by atoms with Gasteiger partial charge >= 0.3 is 0 Å². The van der Waals surface area contributed by atoms with Crippen molar-refractivity contribution in [3.05, 3.63) is 11.9 Å². The maximum Gasteiger partial charge on any atom is 0.224 e. The molecule has 1 heterocycles. The standard InChI is InChI=1S/C11H17N3O2/c1-15-10-9(6-12-8-4-3-5-8)11(16-2)14-7-13-10/h7-8,12H,3-6H2,1-2H3. The summed E-state index contributed by atoms with van der Waals surface area (Å²) in [6.45, 7) is 0.692. The first-order chi connectivity index (χ1) is 7.85. The van der Waals surface area contributed by atoms with Gasteiger partial charge in [-0.15, -0.1) is 0 Å². The van der Waals surface area contributed by atoms with Crippen LogP contribution in [0.5, 0.6) is 11.8 Å². The van der Waals surface area contributed by atoms with E-state index >= 15 is 0 Å². The van der Waals surface area contributed by atoms with Crippen molar-refractivity contribution in [2.75, 3.05) is 14.2 Å². The van der Waals surface area contributed by atoms with Crippen LogP contribution in [-0.2, 0) is 6.54 Å². The molecule has 0 radical (unpaired) electrons. The highest BCUT2D eigenvalue weighted by Gasteiger charge is 2.19. The van der Waals surface area contributed by atoms with E-state index in [4.69, 9.17) is 9.47 Å². The minimum atomic E-state index is 0.582. The molecule has 1 aromatic rings. The second kappa shape index (κ2) is 5.12. The van der Waals surface area contributed by atoms with Crippen molar-refractivity contribution in [2.24, 2.45) is 0 Å². The number of methoxy groups -OCH3 is 2. The zero-order valence-electron chi connectivity index (χ0n) is 9.69. The van der Waals surface area contributed by atoms with Gasteiger partial charge in [-0.25, -0.2) is 9.97 Å². The molecule has 1 N–H and O–H groups in total. The predicted octanol–water partition coefficient (Wildman–Crippen LogP) is 1.14. The zero-order valence-corrected chi connectivity index (χ0v) is 9.69. The minimum Gasteiger partial charge on any atom is -0.481 e. The van der Waals surface area contributed by atoms with E-state index in [0.29, 0.717) is 24.3 Å². The SMILES string of the molecule is COc1ncnc(OC)c1CNC1CCC1. The Morgan fingerprint density at radius 3 is 2.31 bits per heavy atom. The average Bonchev–Trinajstić information content (AvgIpc) is 2.27. The number of hydrogen-bond donors (Lipinski definition) is 1. The number of nitrogens with zero attached hydrogens (tertiary/aromatic N) is 2. The Bertz CT molecular complexity index is 331. The Kier molecular flexibility index (Phi) is 3.56. The van der Waals surface area contributed by atoms with E-state index in [1.54, 1.807) is 14.2 Å². The largest absolute Gasteiger partial charge is 0.481 e. The van der Waals surface area contributed by atoms with Gasteiger partial charge in [-0.1, -0.05) is 6.42 Å². The topological polar surface area (TPSA) is 56.3 Å². The van der Waals surface area contributed by atoms with Crippen molar-refractivity contribution in [1.29, 1.82) is 0 Å². The highest BCUT2D eigenvalue weighted by atomic mass is 16.5. The molecule has 0 spiro atoms. The average molecular weight is 223 g/mol. The van der Waals surface area contributed by atoms with Gasteiger partial charge in [-0.3, -0.25) is 0 Å². The second-order valence-corrected chi connectivity index (χ2v) is 3.88. The highest BCUT2D eigenvalue weighted by Crippen LogP contribution is 2.25. The Morgan fingerprint density at radius 1 is 1.25 bits per heavy atom. The van der Waals surface area contributed by atoms with Crippen LogP contribution in [0.1, 0.15) is 24.8 Å². The molecule has 5 heteroatoms. The third-order valence-electron chi connectivity index (χ3n) is 2.93. The van der Waals surface area contributed by atoms with Crippen molar-refractivity contribution >= 4 is 0 Å². The first kappa shape index (κ1) is 11.1. The molecule has 1 aliphatic carbocycles. The number of rotatable bonds is 5. The van der Waals surface area contributed by atoms with Crippen molar-refractivity contribution in [1.82, 2.24) is 15.3 Å². The molecular weight excluding hydrogens is 206 g/mol. The maximum atomic E-state index is 5.20. The Labute approximate surface area is 95.2 Å². The van der Waals surface area contributed by atoms with Gasteiger partial charge in [0.2, 0.25) is 11.8 Å². The molecule has 0 aliphatic heterocycles. The summed E-state index contributed by atoms with van der Waals surface area (Å²) in [4.78, 5) is 8.15. The molecule has 0 bridgehead atoms. The fourth-order valence-electron chi connectivity index (χ4n) is 1.74. The summed E-state index contributed by atoms with van der Waals surface area (Å²) in [5.74, 6) is 1.16. The summed E-state index contributed by atoms with van der Waals surface area (Å²) < 4.78 is 10.4. The van der Waals surface area contributed by atoms with Crippen LogP contribution in [0.15, 0.2) is 6.33 Å². The summed E-state index contributed by atoms with van der Waals surface area (Å²) in [7, 11) is 3.21. The fourth-order valence-corrected chi connectivity index (χ4v) is 1.74. The van der Waals surface area contributed by atoms with Crippen molar-refractivity contribution < 1.29 is 9.47 Å². The van der Waals surface area contributed by atoms with E-state index in [1.165, 1.54) is 25.6 Å². The molecular formula is C11H17N3O2. The first-order valence-electron chi connectivity index (χ1n) is 5.50. The quantitative estimate of drug-likeness (QED) is 0.811. The number of hydrogen-bond acceptors (Lipinski definition) is 5. The Morgan fingerprint density at radius 2 is 1.88 bits per heavy atom. The molecule has 0 amide bonds. The zero-order chi connectivity index (χ0) is 11.4. The molecule has 1 saturated carbocycles. The van der Waals surface area contributed by atoms with E-state index in [1.807, 2.05) is 0 Å². The van der Waals surface area contributed by atoms with Crippen LogP contribution in [-0.4, -0.2) is 30.2 Å². The summed E-state index contributed by atoms with van der Waals surface area (Å²) in [6, 6.07) is 0.620. The number of ether oxygens (including phenoxy) is 2. The van der Waals surface area contributed by atoms with E-state index < -0.39 is 0 Å². The number of aromatic nitrogens is 2. The Balaban J connectivity index is 2.08. The summed E-state index contributed by atoms with van der Waals surface area (Å²) in [5, 5.41) is 3.44. The molecule has 1 aromatic heterocycles. The lowest BCUT2D eigenvalue weighted by molar-refractivity contribution is 0.322. The molecule has 0 aromatic carbocycles. The normalized spacial score (nSPS) is 15.6. The summed E-state index contributed by atoms with van der Waals surface area (Å²) in [6.07, 6.45) is 5.26. The summed E-state index contributed by atoms with van der Waals surface area (Å²) in [5.41, 5.74) is 0.888. The van der Waals surface area contributed by atoms with Crippen LogP contribution in [0, 0.1) is 0 Å². The third kappa shape index (κ3) is 2.24. The monoisotopic (exact) mass is 223 g/mol. The molecule has 1 fully saturated rings. The van der Waals surface area contributed by atoms with Crippen LogP contribution in [0.2, 0.25) is 0 Å². The molecule has 16 heavy (non-hydrogen) atoms. The molecule has 0 unspecified atom stereocenters.